The molecule has 0 aromatic rings. The summed E-state index contributed by atoms with van der Waals surface area (Å²) in [5, 5.41) is 18.0. The van der Waals surface area contributed by atoms with Gasteiger partial charge in [-0.3, -0.25) is 4.90 Å². The molecule has 1 heterocycles. The van der Waals surface area contributed by atoms with Crippen molar-refractivity contribution in [1.29, 1.82) is 10.5 Å². The van der Waals surface area contributed by atoms with Crippen molar-refractivity contribution in [2.75, 3.05) is 32.7 Å². The van der Waals surface area contributed by atoms with E-state index in [0.717, 1.165) is 32.7 Å². The first-order valence-electron chi connectivity index (χ1n) is 6.77. The Bertz CT molecular complexity index is 376. The van der Waals surface area contributed by atoms with Crippen molar-refractivity contribution in [3.63, 3.8) is 0 Å². The van der Waals surface area contributed by atoms with Crippen LogP contribution in [-0.4, -0.2) is 48.1 Å². The summed E-state index contributed by atoms with van der Waals surface area (Å²) in [6.07, 6.45) is 3.13. The maximum atomic E-state index is 9.14. The van der Waals surface area contributed by atoms with Crippen LogP contribution < -0.4 is 0 Å². The second kappa shape index (κ2) is 4.88. The molecule has 2 fully saturated rings. The Kier molecular flexibility index (Phi) is 3.61. The molecule has 0 bridgehead atoms. The molecule has 0 spiro atoms. The van der Waals surface area contributed by atoms with Gasteiger partial charge in [0.1, 0.15) is 5.54 Å². The molecule has 98 valence electrons. The molecule has 1 aliphatic carbocycles. The van der Waals surface area contributed by atoms with E-state index in [0.29, 0.717) is 11.8 Å². The van der Waals surface area contributed by atoms with Crippen LogP contribution in [0.15, 0.2) is 0 Å². The molecule has 1 saturated carbocycles. The Morgan fingerprint density at radius 3 is 2.17 bits per heavy atom. The largest absolute Gasteiger partial charge is 0.300 e. The Labute approximate surface area is 110 Å². The molecule has 0 aromatic heterocycles. The van der Waals surface area contributed by atoms with E-state index in [1.165, 1.54) is 12.8 Å². The lowest BCUT2D eigenvalue weighted by molar-refractivity contribution is 0.0692. The van der Waals surface area contributed by atoms with Crippen molar-refractivity contribution in [3.8, 4) is 12.1 Å². The van der Waals surface area contributed by atoms with E-state index in [1.807, 2.05) is 13.8 Å². The Morgan fingerprint density at radius 1 is 1.11 bits per heavy atom. The predicted octanol–water partition coefficient (Wildman–Crippen LogP) is 1.60. The fourth-order valence-electron chi connectivity index (χ4n) is 2.75. The van der Waals surface area contributed by atoms with Gasteiger partial charge in [0, 0.05) is 39.1 Å². The summed E-state index contributed by atoms with van der Waals surface area (Å²) in [6, 6.07) is 4.69. The lowest BCUT2D eigenvalue weighted by Crippen LogP contribution is -2.54. The quantitative estimate of drug-likeness (QED) is 0.756. The van der Waals surface area contributed by atoms with Crippen molar-refractivity contribution in [1.82, 2.24) is 9.80 Å². The Balaban J connectivity index is 1.81. The van der Waals surface area contributed by atoms with Gasteiger partial charge in [0.05, 0.1) is 12.1 Å². The maximum absolute atomic E-state index is 9.14. The second-order valence-corrected chi connectivity index (χ2v) is 6.27. The molecular weight excluding hydrogens is 224 g/mol. The number of piperazine rings is 1. The first-order chi connectivity index (χ1) is 8.51. The van der Waals surface area contributed by atoms with Crippen molar-refractivity contribution in [2.45, 2.75) is 38.6 Å². The van der Waals surface area contributed by atoms with E-state index in [2.05, 4.69) is 21.9 Å². The molecule has 0 radical (unpaired) electrons. The van der Waals surface area contributed by atoms with Crippen molar-refractivity contribution >= 4 is 0 Å². The average Bonchev–Trinajstić information content (AvgIpc) is 3.10. The summed E-state index contributed by atoms with van der Waals surface area (Å²) < 4.78 is 0. The minimum atomic E-state index is -0.351. The van der Waals surface area contributed by atoms with Gasteiger partial charge in [0.25, 0.3) is 0 Å². The van der Waals surface area contributed by atoms with Crippen LogP contribution in [-0.2, 0) is 0 Å². The highest BCUT2D eigenvalue weighted by Gasteiger charge is 2.44. The van der Waals surface area contributed by atoms with Crippen LogP contribution in [0, 0.1) is 28.1 Å². The highest BCUT2D eigenvalue weighted by atomic mass is 15.3. The molecule has 1 saturated heterocycles. The first-order valence-corrected chi connectivity index (χ1v) is 6.77. The van der Waals surface area contributed by atoms with Crippen LogP contribution in [0.3, 0.4) is 0 Å². The van der Waals surface area contributed by atoms with Gasteiger partial charge in [-0.1, -0.05) is 0 Å². The molecule has 0 unspecified atom stereocenters. The summed E-state index contributed by atoms with van der Waals surface area (Å²) in [6.45, 7) is 9.02. The van der Waals surface area contributed by atoms with Gasteiger partial charge in [-0.25, -0.2) is 0 Å². The van der Waals surface area contributed by atoms with Crippen LogP contribution in [0.5, 0.6) is 0 Å². The van der Waals surface area contributed by atoms with E-state index >= 15 is 0 Å². The normalized spacial score (nSPS) is 24.2. The van der Waals surface area contributed by atoms with Gasteiger partial charge in [0.15, 0.2) is 0 Å². The standard InChI is InChI=1S/C14H22N4/c1-13(2,11-16)18-9-7-17(8-10-18)12-14(3-4-14)5-6-15/h3-5,7-10,12H2,1-2H3. The fourth-order valence-corrected chi connectivity index (χ4v) is 2.75. The molecule has 0 aromatic carbocycles. The van der Waals surface area contributed by atoms with E-state index in [9.17, 15) is 0 Å². The first kappa shape index (κ1) is 13.3. The molecule has 2 rings (SSSR count). The van der Waals surface area contributed by atoms with Crippen LogP contribution >= 0.6 is 0 Å². The molecule has 2 aliphatic rings. The van der Waals surface area contributed by atoms with Gasteiger partial charge < -0.3 is 4.90 Å². The van der Waals surface area contributed by atoms with Crippen molar-refractivity contribution in [2.24, 2.45) is 5.41 Å². The smallest absolute Gasteiger partial charge is 0.103 e. The van der Waals surface area contributed by atoms with Gasteiger partial charge in [-0.2, -0.15) is 10.5 Å². The molecule has 1 aliphatic heterocycles. The van der Waals surface area contributed by atoms with Gasteiger partial charge in [-0.05, 0) is 32.1 Å². The maximum Gasteiger partial charge on any atom is 0.103 e. The highest BCUT2D eigenvalue weighted by Crippen LogP contribution is 2.49. The number of hydrogen-bond acceptors (Lipinski definition) is 4. The van der Waals surface area contributed by atoms with E-state index < -0.39 is 0 Å². The lowest BCUT2D eigenvalue weighted by Gasteiger charge is -2.41. The summed E-state index contributed by atoms with van der Waals surface area (Å²) in [4.78, 5) is 4.72. The zero-order valence-corrected chi connectivity index (χ0v) is 11.4. The molecule has 18 heavy (non-hydrogen) atoms. The van der Waals surface area contributed by atoms with Crippen LogP contribution in [0.25, 0.3) is 0 Å². The molecule has 4 nitrogen and oxygen atoms in total. The van der Waals surface area contributed by atoms with Gasteiger partial charge in [-0.15, -0.1) is 0 Å². The van der Waals surface area contributed by atoms with Crippen LogP contribution in [0.1, 0.15) is 33.1 Å². The third-order valence-corrected chi connectivity index (χ3v) is 4.41. The average molecular weight is 246 g/mol. The van der Waals surface area contributed by atoms with Crippen molar-refractivity contribution < 1.29 is 0 Å². The molecule has 0 amide bonds. The summed E-state index contributed by atoms with van der Waals surface area (Å²) in [7, 11) is 0. The number of nitrogens with zero attached hydrogens (tertiary/aromatic N) is 4. The van der Waals surface area contributed by atoms with E-state index in [-0.39, 0.29) is 5.54 Å². The fraction of sp³-hybridized carbons (Fsp3) is 0.857. The highest BCUT2D eigenvalue weighted by molar-refractivity contribution is 5.04. The number of hydrogen-bond donors (Lipinski definition) is 0. The molecular formula is C14H22N4. The third kappa shape index (κ3) is 2.83. The number of nitriles is 2. The Hall–Kier alpha value is -1.10. The van der Waals surface area contributed by atoms with Crippen LogP contribution in [0.2, 0.25) is 0 Å². The zero-order valence-electron chi connectivity index (χ0n) is 11.4. The number of rotatable bonds is 4. The third-order valence-electron chi connectivity index (χ3n) is 4.41. The molecule has 0 N–H and O–H groups in total. The molecule has 4 heteroatoms. The summed E-state index contributed by atoms with van der Waals surface area (Å²) in [5.74, 6) is 0. The van der Waals surface area contributed by atoms with E-state index in [1.54, 1.807) is 0 Å². The predicted molar refractivity (Wildman–Crippen MR) is 69.6 cm³/mol. The monoisotopic (exact) mass is 246 g/mol. The summed E-state index contributed by atoms with van der Waals surface area (Å²) >= 11 is 0. The second-order valence-electron chi connectivity index (χ2n) is 6.27. The van der Waals surface area contributed by atoms with Gasteiger partial charge >= 0.3 is 0 Å². The van der Waals surface area contributed by atoms with E-state index in [4.69, 9.17) is 10.5 Å². The SMILES string of the molecule is CC(C)(C#N)N1CCN(CC2(CC#N)CC2)CC1. The van der Waals surface area contributed by atoms with Crippen molar-refractivity contribution in [3.05, 3.63) is 0 Å². The van der Waals surface area contributed by atoms with Crippen LogP contribution in [0.4, 0.5) is 0 Å². The minimum absolute atomic E-state index is 0.307. The minimum Gasteiger partial charge on any atom is -0.300 e. The Morgan fingerprint density at radius 2 is 1.72 bits per heavy atom. The zero-order chi connectivity index (χ0) is 13.2. The molecule has 0 atom stereocenters. The lowest BCUT2D eigenvalue weighted by atomic mass is 10.0. The topological polar surface area (TPSA) is 54.1 Å². The van der Waals surface area contributed by atoms with Gasteiger partial charge in [0.2, 0.25) is 0 Å². The summed E-state index contributed by atoms with van der Waals surface area (Å²) in [5.41, 5.74) is -0.0440.